The minimum absolute atomic E-state index is 0.114. The Bertz CT molecular complexity index is 669. The largest absolute Gasteiger partial charge is 0.507 e. The monoisotopic (exact) mass is 300 g/mol. The Morgan fingerprint density at radius 3 is 2.32 bits per heavy atom. The summed E-state index contributed by atoms with van der Waals surface area (Å²) < 4.78 is 5.81. The Labute approximate surface area is 130 Å². The molecule has 0 fully saturated rings. The lowest BCUT2D eigenvalue weighted by atomic mass is 9.85. The number of benzene rings is 2. The van der Waals surface area contributed by atoms with Crippen LogP contribution in [0.5, 0.6) is 11.5 Å². The van der Waals surface area contributed by atoms with E-state index in [0.717, 1.165) is 11.1 Å². The average Bonchev–Trinajstić information content (AvgIpc) is 2.44. The van der Waals surface area contributed by atoms with Gasteiger partial charge >= 0.3 is 5.97 Å². The summed E-state index contributed by atoms with van der Waals surface area (Å²) >= 11 is 0. The molecule has 0 unspecified atom stereocenters. The number of hydrogen-bond acceptors (Lipinski definition) is 3. The molecule has 22 heavy (non-hydrogen) atoms. The topological polar surface area (TPSA) is 66.8 Å². The van der Waals surface area contributed by atoms with Gasteiger partial charge in [0.2, 0.25) is 0 Å². The second kappa shape index (κ2) is 6.10. The zero-order valence-corrected chi connectivity index (χ0v) is 13.0. The van der Waals surface area contributed by atoms with E-state index < -0.39 is 5.97 Å². The molecule has 116 valence electrons. The summed E-state index contributed by atoms with van der Waals surface area (Å²) in [5.74, 6) is -0.944. The third kappa shape index (κ3) is 3.58. The van der Waals surface area contributed by atoms with Crippen molar-refractivity contribution in [3.8, 4) is 11.5 Å². The lowest BCUT2D eigenvalue weighted by Crippen LogP contribution is -2.15. The average molecular weight is 300 g/mol. The number of carbonyl (C=O) groups is 1. The van der Waals surface area contributed by atoms with Gasteiger partial charge in [-0.2, -0.15) is 0 Å². The van der Waals surface area contributed by atoms with E-state index in [-0.39, 0.29) is 16.7 Å². The quantitative estimate of drug-likeness (QED) is 0.896. The Hall–Kier alpha value is -2.49. The van der Waals surface area contributed by atoms with Gasteiger partial charge in [-0.3, -0.25) is 0 Å². The number of aromatic carboxylic acids is 1. The molecule has 4 nitrogen and oxygen atoms in total. The van der Waals surface area contributed by atoms with Gasteiger partial charge in [0.1, 0.15) is 23.7 Å². The van der Waals surface area contributed by atoms with Crippen molar-refractivity contribution in [1.82, 2.24) is 0 Å². The molecule has 0 saturated carbocycles. The van der Waals surface area contributed by atoms with E-state index in [2.05, 4.69) is 0 Å². The Morgan fingerprint density at radius 1 is 1.14 bits per heavy atom. The van der Waals surface area contributed by atoms with Gasteiger partial charge in [0.25, 0.3) is 0 Å². The number of carboxylic acid groups (broad SMARTS) is 1. The standard InChI is InChI=1S/C18H20O4/c1-18(2,3)14-9-13(17(20)21)15(19)10-16(14)22-11-12-7-5-4-6-8-12/h4-10,19H,11H2,1-3H3,(H,20,21). The van der Waals surface area contributed by atoms with E-state index in [0.29, 0.717) is 12.4 Å². The van der Waals surface area contributed by atoms with Gasteiger partial charge < -0.3 is 14.9 Å². The first kappa shape index (κ1) is 15.9. The van der Waals surface area contributed by atoms with E-state index in [9.17, 15) is 9.90 Å². The molecule has 0 aliphatic carbocycles. The summed E-state index contributed by atoms with van der Waals surface area (Å²) in [6, 6.07) is 12.5. The van der Waals surface area contributed by atoms with Gasteiger partial charge in [0.05, 0.1) is 0 Å². The van der Waals surface area contributed by atoms with Gasteiger partial charge in [-0.1, -0.05) is 51.1 Å². The Kier molecular flexibility index (Phi) is 4.40. The van der Waals surface area contributed by atoms with Crippen molar-refractivity contribution in [3.05, 3.63) is 59.2 Å². The highest BCUT2D eigenvalue weighted by molar-refractivity contribution is 5.91. The number of ether oxygens (including phenoxy) is 1. The van der Waals surface area contributed by atoms with E-state index in [4.69, 9.17) is 9.84 Å². The third-order valence-electron chi connectivity index (χ3n) is 3.37. The fourth-order valence-electron chi connectivity index (χ4n) is 2.18. The maximum atomic E-state index is 11.2. The second-order valence-electron chi connectivity index (χ2n) is 6.19. The van der Waals surface area contributed by atoms with Crippen LogP contribution < -0.4 is 4.74 Å². The minimum Gasteiger partial charge on any atom is -0.507 e. The number of rotatable bonds is 4. The van der Waals surface area contributed by atoms with Crippen molar-refractivity contribution < 1.29 is 19.7 Å². The van der Waals surface area contributed by atoms with E-state index in [1.807, 2.05) is 51.1 Å². The first-order valence-electron chi connectivity index (χ1n) is 7.06. The molecule has 2 rings (SSSR count). The van der Waals surface area contributed by atoms with Crippen LogP contribution in [0.25, 0.3) is 0 Å². The molecule has 0 aliphatic rings. The molecule has 0 atom stereocenters. The minimum atomic E-state index is -1.15. The number of carboxylic acids is 1. The van der Waals surface area contributed by atoms with Crippen LogP contribution in [0.3, 0.4) is 0 Å². The predicted molar refractivity (Wildman–Crippen MR) is 84.5 cm³/mol. The molecule has 0 bridgehead atoms. The molecule has 2 N–H and O–H groups in total. The molecule has 0 aliphatic heterocycles. The molecular formula is C18H20O4. The highest BCUT2D eigenvalue weighted by Gasteiger charge is 2.23. The zero-order chi connectivity index (χ0) is 16.3. The summed E-state index contributed by atoms with van der Waals surface area (Å²) in [6.45, 7) is 6.27. The first-order chi connectivity index (χ1) is 10.3. The maximum Gasteiger partial charge on any atom is 0.339 e. The Morgan fingerprint density at radius 2 is 1.77 bits per heavy atom. The summed E-state index contributed by atoms with van der Waals surface area (Å²) in [5.41, 5.74) is 1.34. The number of hydrogen-bond donors (Lipinski definition) is 2. The molecule has 0 aromatic heterocycles. The van der Waals surface area contributed by atoms with Crippen molar-refractivity contribution in [2.45, 2.75) is 32.8 Å². The fraction of sp³-hybridized carbons (Fsp3) is 0.278. The van der Waals surface area contributed by atoms with Gasteiger partial charge in [-0.15, -0.1) is 0 Å². The molecule has 0 saturated heterocycles. The molecule has 0 spiro atoms. The summed E-state index contributed by atoms with van der Waals surface area (Å²) in [6.07, 6.45) is 0. The number of aromatic hydroxyl groups is 1. The van der Waals surface area contributed by atoms with Crippen molar-refractivity contribution in [2.24, 2.45) is 0 Å². The lowest BCUT2D eigenvalue weighted by Gasteiger charge is -2.24. The van der Waals surface area contributed by atoms with Crippen LogP contribution >= 0.6 is 0 Å². The second-order valence-corrected chi connectivity index (χ2v) is 6.19. The number of phenols is 1. The molecular weight excluding hydrogens is 280 g/mol. The maximum absolute atomic E-state index is 11.2. The summed E-state index contributed by atoms with van der Waals surface area (Å²) in [5, 5.41) is 19.0. The van der Waals surface area contributed by atoms with Crippen LogP contribution in [0, 0.1) is 0 Å². The van der Waals surface area contributed by atoms with Crippen LogP contribution in [0.4, 0.5) is 0 Å². The van der Waals surface area contributed by atoms with E-state index >= 15 is 0 Å². The fourth-order valence-corrected chi connectivity index (χ4v) is 2.18. The van der Waals surface area contributed by atoms with Crippen LogP contribution in [0.1, 0.15) is 42.3 Å². The molecule has 2 aromatic carbocycles. The third-order valence-corrected chi connectivity index (χ3v) is 3.37. The summed E-state index contributed by atoms with van der Waals surface area (Å²) in [4.78, 5) is 11.2. The molecule has 4 heteroatoms. The van der Waals surface area contributed by atoms with Crippen LogP contribution in [0.2, 0.25) is 0 Å². The summed E-state index contributed by atoms with van der Waals surface area (Å²) in [7, 11) is 0. The van der Waals surface area contributed by atoms with Crippen molar-refractivity contribution >= 4 is 5.97 Å². The van der Waals surface area contributed by atoms with Crippen molar-refractivity contribution in [3.63, 3.8) is 0 Å². The van der Waals surface area contributed by atoms with Crippen LogP contribution in [-0.4, -0.2) is 16.2 Å². The van der Waals surface area contributed by atoms with Crippen LogP contribution in [-0.2, 0) is 12.0 Å². The van der Waals surface area contributed by atoms with Gasteiger partial charge in [0.15, 0.2) is 0 Å². The highest BCUT2D eigenvalue weighted by Crippen LogP contribution is 2.36. The van der Waals surface area contributed by atoms with Crippen LogP contribution in [0.15, 0.2) is 42.5 Å². The predicted octanol–water partition coefficient (Wildman–Crippen LogP) is 3.97. The Balaban J connectivity index is 2.37. The molecule has 2 aromatic rings. The normalized spacial score (nSPS) is 11.2. The smallest absolute Gasteiger partial charge is 0.339 e. The van der Waals surface area contributed by atoms with Gasteiger partial charge in [-0.25, -0.2) is 4.79 Å². The van der Waals surface area contributed by atoms with Gasteiger partial charge in [0, 0.05) is 11.6 Å². The highest BCUT2D eigenvalue weighted by atomic mass is 16.5. The van der Waals surface area contributed by atoms with E-state index in [1.165, 1.54) is 12.1 Å². The van der Waals surface area contributed by atoms with Gasteiger partial charge in [-0.05, 0) is 17.0 Å². The zero-order valence-electron chi connectivity index (χ0n) is 13.0. The lowest BCUT2D eigenvalue weighted by molar-refractivity contribution is 0.0693. The van der Waals surface area contributed by atoms with Crippen molar-refractivity contribution in [2.75, 3.05) is 0 Å². The molecule has 0 radical (unpaired) electrons. The van der Waals surface area contributed by atoms with Crippen molar-refractivity contribution in [1.29, 1.82) is 0 Å². The molecule has 0 amide bonds. The SMILES string of the molecule is CC(C)(C)c1cc(C(=O)O)c(O)cc1OCc1ccccc1. The first-order valence-corrected chi connectivity index (χ1v) is 7.06. The molecule has 0 heterocycles. The van der Waals surface area contributed by atoms with E-state index in [1.54, 1.807) is 0 Å².